The zero-order chi connectivity index (χ0) is 14.0. The maximum absolute atomic E-state index is 13.6. The minimum atomic E-state index is -1.07. The fourth-order valence-corrected chi connectivity index (χ4v) is 2.68. The van der Waals surface area contributed by atoms with Gasteiger partial charge in [0.05, 0.1) is 5.69 Å². The van der Waals surface area contributed by atoms with E-state index >= 15 is 0 Å². The van der Waals surface area contributed by atoms with E-state index in [0.29, 0.717) is 12.1 Å². The van der Waals surface area contributed by atoms with Gasteiger partial charge in [-0.15, -0.1) is 11.3 Å². The lowest BCUT2D eigenvalue weighted by molar-refractivity contribution is 0.0700. The van der Waals surface area contributed by atoms with E-state index in [2.05, 4.69) is 4.98 Å². The highest BCUT2D eigenvalue weighted by Crippen LogP contribution is 2.30. The Morgan fingerprint density at radius 2 is 2.16 bits per heavy atom. The first kappa shape index (κ1) is 13.6. The number of aromatic nitrogens is 1. The van der Waals surface area contributed by atoms with Gasteiger partial charge >= 0.3 is 5.97 Å². The van der Waals surface area contributed by atoms with E-state index in [0.717, 1.165) is 29.9 Å². The minimum Gasteiger partial charge on any atom is -0.477 e. The molecule has 100 valence electrons. The molecule has 6 heteroatoms. The molecule has 0 aliphatic carbocycles. The smallest absolute Gasteiger partial charge is 0.347 e. The van der Waals surface area contributed by atoms with Gasteiger partial charge in [-0.3, -0.25) is 0 Å². The van der Waals surface area contributed by atoms with Gasteiger partial charge in [0.1, 0.15) is 21.5 Å². The van der Waals surface area contributed by atoms with Crippen molar-refractivity contribution >= 4 is 17.3 Å². The summed E-state index contributed by atoms with van der Waals surface area (Å²) >= 11 is 0.908. The van der Waals surface area contributed by atoms with Gasteiger partial charge in [-0.05, 0) is 18.6 Å². The lowest BCUT2D eigenvalue weighted by Crippen LogP contribution is -1.98. The summed E-state index contributed by atoms with van der Waals surface area (Å²) in [5.74, 6) is -2.49. The monoisotopic (exact) mass is 283 g/mol. The van der Waals surface area contributed by atoms with Crippen LogP contribution in [0, 0.1) is 11.6 Å². The molecule has 0 aliphatic heterocycles. The Balaban J connectivity index is 2.50. The van der Waals surface area contributed by atoms with E-state index in [1.165, 1.54) is 6.07 Å². The Morgan fingerprint density at radius 1 is 1.42 bits per heavy atom. The lowest BCUT2D eigenvalue weighted by Gasteiger charge is -1.98. The largest absolute Gasteiger partial charge is 0.477 e. The van der Waals surface area contributed by atoms with E-state index in [4.69, 9.17) is 5.11 Å². The number of halogens is 2. The second-order valence-electron chi connectivity index (χ2n) is 3.97. The first-order valence-electron chi connectivity index (χ1n) is 5.71. The Morgan fingerprint density at radius 3 is 2.74 bits per heavy atom. The van der Waals surface area contributed by atoms with Gasteiger partial charge in [0.15, 0.2) is 0 Å². The first-order chi connectivity index (χ1) is 9.02. The summed E-state index contributed by atoms with van der Waals surface area (Å²) in [5, 5.41) is 9.34. The fraction of sp³-hybridized carbons (Fsp3) is 0.231. The third-order valence-electron chi connectivity index (χ3n) is 2.54. The number of benzene rings is 1. The number of aryl methyl sites for hydroxylation is 1. The second-order valence-corrected chi connectivity index (χ2v) is 4.97. The van der Waals surface area contributed by atoms with Crippen molar-refractivity contribution < 1.29 is 18.7 Å². The minimum absolute atomic E-state index is 0.112. The Bertz CT molecular complexity index is 625. The topological polar surface area (TPSA) is 50.2 Å². The van der Waals surface area contributed by atoms with Gasteiger partial charge in [-0.1, -0.05) is 13.3 Å². The van der Waals surface area contributed by atoms with Gasteiger partial charge in [0.25, 0.3) is 0 Å². The summed E-state index contributed by atoms with van der Waals surface area (Å²) in [6, 6.07) is 3.15. The number of rotatable bonds is 4. The van der Waals surface area contributed by atoms with Crippen LogP contribution in [0.1, 0.15) is 28.7 Å². The Hall–Kier alpha value is -1.82. The first-order valence-corrected chi connectivity index (χ1v) is 6.53. The molecule has 0 saturated carbocycles. The summed E-state index contributed by atoms with van der Waals surface area (Å²) in [5.41, 5.74) is 0.565. The predicted molar refractivity (Wildman–Crippen MR) is 68.4 cm³/mol. The van der Waals surface area contributed by atoms with Crippen LogP contribution in [0.5, 0.6) is 0 Å². The van der Waals surface area contributed by atoms with Crippen LogP contribution in [0.3, 0.4) is 0 Å². The summed E-state index contributed by atoms with van der Waals surface area (Å²) < 4.78 is 26.5. The van der Waals surface area contributed by atoms with Gasteiger partial charge in [-0.25, -0.2) is 18.6 Å². The van der Waals surface area contributed by atoms with Crippen LogP contribution in [-0.4, -0.2) is 16.1 Å². The molecule has 0 fully saturated rings. The highest BCUT2D eigenvalue weighted by atomic mass is 32.1. The molecule has 2 aromatic rings. The maximum Gasteiger partial charge on any atom is 0.347 e. The maximum atomic E-state index is 13.6. The molecule has 0 unspecified atom stereocenters. The molecule has 0 atom stereocenters. The van der Waals surface area contributed by atoms with Crippen LogP contribution in [0.15, 0.2) is 18.2 Å². The number of carboxylic acids is 1. The standard InChI is InChI=1S/C13H11F2NO2S/c1-2-3-10-11(13(17)18)19-12(16-10)8-5-4-7(14)6-9(8)15/h4-6H,2-3H2,1H3,(H,17,18). The van der Waals surface area contributed by atoms with Crippen molar-refractivity contribution in [3.8, 4) is 10.6 Å². The molecule has 0 saturated heterocycles. The molecule has 2 rings (SSSR count). The average molecular weight is 283 g/mol. The van der Waals surface area contributed by atoms with E-state index in [-0.39, 0.29) is 15.4 Å². The molecule has 0 radical (unpaired) electrons. The molecular formula is C13H11F2NO2S. The van der Waals surface area contributed by atoms with E-state index < -0.39 is 17.6 Å². The summed E-state index contributed by atoms with van der Waals surface area (Å²) in [7, 11) is 0. The highest BCUT2D eigenvalue weighted by Gasteiger charge is 2.19. The van der Waals surface area contributed by atoms with Crippen molar-refractivity contribution in [3.05, 3.63) is 40.4 Å². The summed E-state index contributed by atoms with van der Waals surface area (Å²) in [6.45, 7) is 1.91. The van der Waals surface area contributed by atoms with Crippen molar-refractivity contribution in [2.24, 2.45) is 0 Å². The summed E-state index contributed by atoms with van der Waals surface area (Å²) in [6.07, 6.45) is 1.26. The van der Waals surface area contributed by atoms with E-state index in [9.17, 15) is 13.6 Å². The van der Waals surface area contributed by atoms with Gasteiger partial charge in [0.2, 0.25) is 0 Å². The summed E-state index contributed by atoms with van der Waals surface area (Å²) in [4.78, 5) is 15.4. The van der Waals surface area contributed by atoms with Crippen LogP contribution in [-0.2, 0) is 6.42 Å². The molecule has 0 bridgehead atoms. The number of thiazole rings is 1. The number of carboxylic acid groups (broad SMARTS) is 1. The molecular weight excluding hydrogens is 272 g/mol. The Labute approximate surface area is 112 Å². The molecule has 0 aliphatic rings. The molecule has 19 heavy (non-hydrogen) atoms. The Kier molecular flexibility index (Phi) is 3.90. The van der Waals surface area contributed by atoms with Crippen molar-refractivity contribution in [3.63, 3.8) is 0 Å². The van der Waals surface area contributed by atoms with Gasteiger partial charge in [0, 0.05) is 11.6 Å². The molecule has 1 N–H and O–H groups in total. The number of hydrogen-bond donors (Lipinski definition) is 1. The lowest BCUT2D eigenvalue weighted by atomic mass is 10.2. The fourth-order valence-electron chi connectivity index (χ4n) is 1.70. The normalized spacial score (nSPS) is 10.7. The number of aromatic carboxylic acids is 1. The van der Waals surface area contributed by atoms with Gasteiger partial charge < -0.3 is 5.11 Å². The highest BCUT2D eigenvalue weighted by molar-refractivity contribution is 7.17. The molecule has 3 nitrogen and oxygen atoms in total. The predicted octanol–water partition coefficient (Wildman–Crippen LogP) is 3.74. The molecule has 0 spiro atoms. The molecule has 1 aromatic heterocycles. The molecule has 1 heterocycles. The van der Waals surface area contributed by atoms with Crippen LogP contribution in [0.2, 0.25) is 0 Å². The molecule has 0 amide bonds. The third kappa shape index (κ3) is 2.78. The second kappa shape index (κ2) is 5.44. The third-order valence-corrected chi connectivity index (χ3v) is 3.66. The number of carbonyl (C=O) groups is 1. The van der Waals surface area contributed by atoms with Crippen molar-refractivity contribution in [2.75, 3.05) is 0 Å². The SMILES string of the molecule is CCCc1nc(-c2ccc(F)cc2F)sc1C(=O)O. The van der Waals surface area contributed by atoms with Crippen LogP contribution in [0.4, 0.5) is 8.78 Å². The zero-order valence-electron chi connectivity index (χ0n) is 10.1. The average Bonchev–Trinajstić information content (AvgIpc) is 2.73. The molecule has 1 aromatic carbocycles. The quantitative estimate of drug-likeness (QED) is 0.930. The van der Waals surface area contributed by atoms with Crippen molar-refractivity contribution in [2.45, 2.75) is 19.8 Å². The van der Waals surface area contributed by atoms with Crippen LogP contribution >= 0.6 is 11.3 Å². The number of nitrogens with zero attached hydrogens (tertiary/aromatic N) is 1. The zero-order valence-corrected chi connectivity index (χ0v) is 10.9. The van der Waals surface area contributed by atoms with Crippen LogP contribution in [0.25, 0.3) is 10.6 Å². The van der Waals surface area contributed by atoms with Gasteiger partial charge in [-0.2, -0.15) is 0 Å². The van der Waals surface area contributed by atoms with E-state index in [1.807, 2.05) is 6.92 Å². The van der Waals surface area contributed by atoms with Crippen molar-refractivity contribution in [1.29, 1.82) is 0 Å². The van der Waals surface area contributed by atoms with Crippen molar-refractivity contribution in [1.82, 2.24) is 4.98 Å². The van der Waals surface area contributed by atoms with E-state index in [1.54, 1.807) is 0 Å². The van der Waals surface area contributed by atoms with Crippen LogP contribution < -0.4 is 0 Å². The number of hydrogen-bond acceptors (Lipinski definition) is 3.